The van der Waals surface area contributed by atoms with Crippen molar-refractivity contribution in [1.29, 1.82) is 5.26 Å². The molecule has 0 bridgehead atoms. The lowest BCUT2D eigenvalue weighted by molar-refractivity contribution is -0.123. The molecule has 1 aliphatic carbocycles. The number of benzene rings is 1. The van der Waals surface area contributed by atoms with Gasteiger partial charge in [-0.1, -0.05) is 0 Å². The summed E-state index contributed by atoms with van der Waals surface area (Å²) in [4.78, 5) is 36.2. The molecular formula is C28H26FN5O3. The van der Waals surface area contributed by atoms with E-state index in [1.807, 2.05) is 0 Å². The van der Waals surface area contributed by atoms with E-state index in [0.29, 0.717) is 46.8 Å². The van der Waals surface area contributed by atoms with Crippen molar-refractivity contribution in [2.75, 3.05) is 18.6 Å². The third kappa shape index (κ3) is 4.62. The molecule has 2 amide bonds. The van der Waals surface area contributed by atoms with Gasteiger partial charge in [-0.3, -0.25) is 14.6 Å². The molecule has 188 valence electrons. The first-order valence-electron chi connectivity index (χ1n) is 12.1. The van der Waals surface area contributed by atoms with Crippen LogP contribution in [-0.4, -0.2) is 35.4 Å². The number of carbonyl (C=O) groups is 2. The van der Waals surface area contributed by atoms with Gasteiger partial charge in [-0.2, -0.15) is 5.26 Å². The van der Waals surface area contributed by atoms with E-state index in [1.165, 1.54) is 19.2 Å². The van der Waals surface area contributed by atoms with Crippen molar-refractivity contribution < 1.29 is 18.7 Å². The van der Waals surface area contributed by atoms with Crippen LogP contribution in [0.15, 0.2) is 48.8 Å². The van der Waals surface area contributed by atoms with Crippen LogP contribution in [0.1, 0.15) is 41.0 Å². The maximum Gasteiger partial charge on any atom is 0.270 e. The fourth-order valence-electron chi connectivity index (χ4n) is 5.02. The van der Waals surface area contributed by atoms with Gasteiger partial charge >= 0.3 is 0 Å². The third-order valence-corrected chi connectivity index (χ3v) is 7.04. The van der Waals surface area contributed by atoms with Gasteiger partial charge in [0.15, 0.2) is 0 Å². The van der Waals surface area contributed by atoms with E-state index < -0.39 is 17.1 Å². The molecule has 9 heteroatoms. The van der Waals surface area contributed by atoms with Crippen LogP contribution in [0, 0.1) is 35.4 Å². The number of methoxy groups -OCH3 is 1. The second-order valence-electron chi connectivity index (χ2n) is 9.52. The highest BCUT2D eigenvalue weighted by molar-refractivity contribution is 6.03. The number of aromatic nitrogens is 2. The van der Waals surface area contributed by atoms with Gasteiger partial charge in [0.1, 0.15) is 22.7 Å². The van der Waals surface area contributed by atoms with Crippen molar-refractivity contribution in [2.45, 2.75) is 32.7 Å². The van der Waals surface area contributed by atoms with Gasteiger partial charge in [-0.05, 0) is 79.6 Å². The van der Waals surface area contributed by atoms with Crippen LogP contribution in [0.2, 0.25) is 0 Å². The molecule has 2 aromatic heterocycles. The molecule has 1 N–H and O–H groups in total. The summed E-state index contributed by atoms with van der Waals surface area (Å²) in [5.74, 6) is -0.464. The van der Waals surface area contributed by atoms with Crippen molar-refractivity contribution in [3.8, 4) is 22.9 Å². The first kappa shape index (κ1) is 24.4. The first-order valence-corrected chi connectivity index (χ1v) is 12.1. The van der Waals surface area contributed by atoms with Crippen LogP contribution >= 0.6 is 0 Å². The van der Waals surface area contributed by atoms with Gasteiger partial charge in [0.05, 0.1) is 19.4 Å². The molecule has 1 saturated carbocycles. The monoisotopic (exact) mass is 499 g/mol. The molecule has 5 rings (SSSR count). The molecule has 2 fully saturated rings. The lowest BCUT2D eigenvalue weighted by Gasteiger charge is -2.21. The molecule has 3 aromatic rings. The molecule has 0 unspecified atom stereocenters. The predicted octanol–water partition coefficient (Wildman–Crippen LogP) is 4.19. The molecule has 1 saturated heterocycles. The second kappa shape index (κ2) is 9.62. The summed E-state index contributed by atoms with van der Waals surface area (Å²) in [5.41, 5.74) is 2.16. The quantitative estimate of drug-likeness (QED) is 0.522. The topological polar surface area (TPSA) is 108 Å². The first-order chi connectivity index (χ1) is 17.8. The summed E-state index contributed by atoms with van der Waals surface area (Å²) in [6, 6.07) is 11.9. The van der Waals surface area contributed by atoms with Gasteiger partial charge in [-0.15, -0.1) is 0 Å². The fourth-order valence-corrected chi connectivity index (χ4v) is 5.02. The molecule has 1 aliphatic heterocycles. The van der Waals surface area contributed by atoms with E-state index in [-0.39, 0.29) is 24.1 Å². The zero-order valence-corrected chi connectivity index (χ0v) is 20.6. The number of pyridine rings is 2. The van der Waals surface area contributed by atoms with Gasteiger partial charge in [0.2, 0.25) is 5.91 Å². The van der Waals surface area contributed by atoms with Crippen molar-refractivity contribution in [3.05, 3.63) is 71.6 Å². The smallest absolute Gasteiger partial charge is 0.270 e. The number of halogens is 1. The molecule has 0 spiro atoms. The van der Waals surface area contributed by atoms with Gasteiger partial charge < -0.3 is 15.0 Å². The van der Waals surface area contributed by atoms with Crippen LogP contribution in [0.25, 0.3) is 11.1 Å². The highest BCUT2D eigenvalue weighted by Gasteiger charge is 2.56. The number of anilines is 1. The lowest BCUT2D eigenvalue weighted by Crippen LogP contribution is -2.35. The molecule has 1 aromatic carbocycles. The molecule has 37 heavy (non-hydrogen) atoms. The van der Waals surface area contributed by atoms with Crippen LogP contribution in [0.5, 0.6) is 5.75 Å². The van der Waals surface area contributed by atoms with E-state index in [9.17, 15) is 19.2 Å². The number of rotatable bonds is 7. The Bertz CT molecular complexity index is 1430. The number of nitrogens with one attached hydrogen (secondary N) is 1. The Labute approximate surface area is 214 Å². The Kier molecular flexibility index (Phi) is 6.34. The number of ether oxygens (including phenoxy) is 1. The number of nitriles is 1. The molecular weight excluding hydrogens is 473 g/mol. The van der Waals surface area contributed by atoms with Crippen LogP contribution in [0.3, 0.4) is 0 Å². The minimum atomic E-state index is -0.966. The van der Waals surface area contributed by atoms with Crippen molar-refractivity contribution >= 4 is 17.5 Å². The SMILES string of the molecule is COc1cnccc1-c1cc(F)cc(CNC(=O)c2cc(N3CC[C@@](C#N)(C4CC4)C3=O)cc(C)n2)c1. The van der Waals surface area contributed by atoms with Crippen LogP contribution in [-0.2, 0) is 11.3 Å². The zero-order valence-electron chi connectivity index (χ0n) is 20.6. The minimum Gasteiger partial charge on any atom is -0.494 e. The van der Waals surface area contributed by atoms with Gasteiger partial charge in [0.25, 0.3) is 5.91 Å². The van der Waals surface area contributed by atoms with E-state index in [4.69, 9.17) is 4.74 Å². The lowest BCUT2D eigenvalue weighted by atomic mass is 9.83. The minimum absolute atomic E-state index is 0.0732. The average Bonchev–Trinajstić information content (AvgIpc) is 3.70. The summed E-state index contributed by atoms with van der Waals surface area (Å²) in [5, 5.41) is 12.6. The maximum atomic E-state index is 14.4. The number of carbonyl (C=O) groups excluding carboxylic acids is 2. The Balaban J connectivity index is 1.34. The maximum absolute atomic E-state index is 14.4. The number of aryl methyl sites for hydroxylation is 1. The Morgan fingerprint density at radius 2 is 2.11 bits per heavy atom. The standard InChI is InChI=1S/C28H26FN5O3/c1-17-9-22(34-8-6-28(16-30,27(34)36)20-3-4-20)13-24(33-17)26(35)32-14-18-10-19(12-21(29)11-18)23-5-7-31-15-25(23)37-2/h5,7,9-13,15,20H,3-4,6,8,14H2,1-2H3,(H,32,35)/t28-/m1/s1. The van der Waals surface area contributed by atoms with Gasteiger partial charge in [-0.25, -0.2) is 9.37 Å². The molecule has 0 radical (unpaired) electrons. The summed E-state index contributed by atoms with van der Waals surface area (Å²) in [6.07, 6.45) is 5.43. The highest BCUT2D eigenvalue weighted by atomic mass is 19.1. The van der Waals surface area contributed by atoms with E-state index in [2.05, 4.69) is 21.4 Å². The highest BCUT2D eigenvalue weighted by Crippen LogP contribution is 2.51. The van der Waals surface area contributed by atoms with Crippen LogP contribution in [0.4, 0.5) is 10.1 Å². The summed E-state index contributed by atoms with van der Waals surface area (Å²) >= 11 is 0. The van der Waals surface area contributed by atoms with Gasteiger partial charge in [0, 0.05) is 36.2 Å². The third-order valence-electron chi connectivity index (χ3n) is 7.04. The van der Waals surface area contributed by atoms with Crippen molar-refractivity contribution in [3.63, 3.8) is 0 Å². The van der Waals surface area contributed by atoms with Crippen molar-refractivity contribution in [2.24, 2.45) is 11.3 Å². The molecule has 1 atom stereocenters. The Morgan fingerprint density at radius 1 is 1.30 bits per heavy atom. The van der Waals surface area contributed by atoms with E-state index in [1.54, 1.807) is 48.5 Å². The molecule has 3 heterocycles. The summed E-state index contributed by atoms with van der Waals surface area (Å²) < 4.78 is 19.8. The zero-order chi connectivity index (χ0) is 26.2. The Hall–Kier alpha value is -4.32. The summed E-state index contributed by atoms with van der Waals surface area (Å²) in [7, 11) is 1.52. The van der Waals surface area contributed by atoms with Crippen molar-refractivity contribution in [1.82, 2.24) is 15.3 Å². The summed E-state index contributed by atoms with van der Waals surface area (Å²) in [6.45, 7) is 2.25. The Morgan fingerprint density at radius 3 is 2.84 bits per heavy atom. The second-order valence-corrected chi connectivity index (χ2v) is 9.52. The average molecular weight is 500 g/mol. The molecule has 8 nitrogen and oxygen atoms in total. The molecule has 2 aliphatic rings. The fraction of sp³-hybridized carbons (Fsp3) is 0.321. The van der Waals surface area contributed by atoms with E-state index >= 15 is 0 Å². The number of nitrogens with zero attached hydrogens (tertiary/aromatic N) is 4. The number of hydrogen-bond acceptors (Lipinski definition) is 6. The normalized spacial score (nSPS) is 19.0. The number of amides is 2. The predicted molar refractivity (Wildman–Crippen MR) is 134 cm³/mol. The number of hydrogen-bond donors (Lipinski definition) is 1. The largest absolute Gasteiger partial charge is 0.494 e. The van der Waals surface area contributed by atoms with E-state index in [0.717, 1.165) is 12.8 Å². The van der Waals surface area contributed by atoms with Crippen LogP contribution < -0.4 is 15.0 Å².